The van der Waals surface area contributed by atoms with Gasteiger partial charge in [-0.1, -0.05) is 27.7 Å². The second-order valence-corrected chi connectivity index (χ2v) is 8.82. The van der Waals surface area contributed by atoms with Crippen LogP contribution in [0.3, 0.4) is 0 Å². The lowest BCUT2D eigenvalue weighted by atomic mass is 9.72. The van der Waals surface area contributed by atoms with Crippen LogP contribution in [0.25, 0.3) is 0 Å². The Morgan fingerprint density at radius 1 is 1.35 bits per heavy atom. The first-order valence-electron chi connectivity index (χ1n) is 9.01. The van der Waals surface area contributed by atoms with Gasteiger partial charge in [0, 0.05) is 19.1 Å². The maximum Gasteiger partial charge on any atom is 0.341 e. The molecular weight excluding hydrogens is 350 g/mol. The SMILES string of the molecule is CCOC(=O)c1c(CC(C)C)csc1/N=C/C1C(=O)CC(C)(C)CC1=O. The van der Waals surface area contributed by atoms with Crippen LogP contribution in [-0.4, -0.2) is 30.4 Å². The fourth-order valence-corrected chi connectivity index (χ4v) is 4.12. The summed E-state index contributed by atoms with van der Waals surface area (Å²) < 4.78 is 5.17. The third-order valence-corrected chi connectivity index (χ3v) is 5.23. The third kappa shape index (κ3) is 4.87. The molecule has 0 atom stereocenters. The standard InChI is InChI=1S/C20H27NO4S/c1-6-25-19(24)17-13(7-12(2)3)11-26-18(17)21-10-14-15(22)8-20(4,5)9-16(14)23/h10-12,14H,6-9H2,1-5H3/b21-10+. The number of hydrogen-bond donors (Lipinski definition) is 0. The van der Waals surface area contributed by atoms with Crippen LogP contribution in [-0.2, 0) is 20.7 Å². The van der Waals surface area contributed by atoms with Crippen LogP contribution in [0.2, 0.25) is 0 Å². The zero-order valence-electron chi connectivity index (χ0n) is 16.1. The molecule has 1 aromatic rings. The Morgan fingerprint density at radius 3 is 2.50 bits per heavy atom. The molecule has 0 radical (unpaired) electrons. The fraction of sp³-hybridized carbons (Fsp3) is 0.600. The van der Waals surface area contributed by atoms with Gasteiger partial charge in [-0.05, 0) is 35.6 Å². The topological polar surface area (TPSA) is 72.8 Å². The maximum atomic E-state index is 12.4. The average molecular weight is 378 g/mol. The van der Waals surface area contributed by atoms with Crippen LogP contribution in [0, 0.1) is 17.3 Å². The van der Waals surface area contributed by atoms with Gasteiger partial charge in [-0.15, -0.1) is 11.3 Å². The predicted octanol–water partition coefficient (Wildman–Crippen LogP) is 4.40. The summed E-state index contributed by atoms with van der Waals surface area (Å²) in [6, 6.07) is 0. The lowest BCUT2D eigenvalue weighted by Gasteiger charge is -2.30. The van der Waals surface area contributed by atoms with Gasteiger partial charge in [0.1, 0.15) is 22.5 Å². The summed E-state index contributed by atoms with van der Waals surface area (Å²) in [5, 5.41) is 2.41. The summed E-state index contributed by atoms with van der Waals surface area (Å²) in [4.78, 5) is 41.4. The number of hydrogen-bond acceptors (Lipinski definition) is 6. The maximum absolute atomic E-state index is 12.4. The molecule has 2 rings (SSSR count). The van der Waals surface area contributed by atoms with Crippen LogP contribution in [0.5, 0.6) is 0 Å². The van der Waals surface area contributed by atoms with Crippen molar-refractivity contribution in [1.29, 1.82) is 0 Å². The summed E-state index contributed by atoms with van der Waals surface area (Å²) >= 11 is 1.34. The molecule has 0 aromatic carbocycles. The van der Waals surface area contributed by atoms with E-state index in [-0.39, 0.29) is 23.6 Å². The number of carbonyl (C=O) groups is 3. The van der Waals surface area contributed by atoms with Crippen LogP contribution >= 0.6 is 11.3 Å². The number of carbonyl (C=O) groups excluding carboxylic acids is 3. The highest BCUT2D eigenvalue weighted by Crippen LogP contribution is 2.35. The minimum absolute atomic E-state index is 0.105. The van der Waals surface area contributed by atoms with Crippen molar-refractivity contribution < 1.29 is 19.1 Å². The van der Waals surface area contributed by atoms with E-state index in [1.807, 2.05) is 19.2 Å². The Bertz CT molecular complexity index is 710. The molecule has 142 valence electrons. The van der Waals surface area contributed by atoms with Crippen molar-refractivity contribution in [2.45, 2.75) is 53.9 Å². The van der Waals surface area contributed by atoms with Crippen LogP contribution in [0.4, 0.5) is 5.00 Å². The van der Waals surface area contributed by atoms with Gasteiger partial charge in [0.2, 0.25) is 0 Å². The van der Waals surface area contributed by atoms with Gasteiger partial charge in [0.25, 0.3) is 0 Å². The van der Waals surface area contributed by atoms with Gasteiger partial charge in [0.15, 0.2) is 0 Å². The Balaban J connectivity index is 2.29. The first kappa shape index (κ1) is 20.5. The molecule has 0 unspecified atom stereocenters. The molecule has 26 heavy (non-hydrogen) atoms. The van der Waals surface area contributed by atoms with E-state index in [2.05, 4.69) is 18.8 Å². The van der Waals surface area contributed by atoms with E-state index in [4.69, 9.17) is 4.74 Å². The van der Waals surface area contributed by atoms with Crippen molar-refractivity contribution in [3.8, 4) is 0 Å². The van der Waals surface area contributed by atoms with Crippen LogP contribution < -0.4 is 0 Å². The lowest BCUT2D eigenvalue weighted by Crippen LogP contribution is -2.38. The third-order valence-electron chi connectivity index (χ3n) is 4.30. The minimum Gasteiger partial charge on any atom is -0.462 e. The van der Waals surface area contributed by atoms with E-state index in [9.17, 15) is 14.4 Å². The van der Waals surface area contributed by atoms with Gasteiger partial charge in [-0.25, -0.2) is 9.79 Å². The van der Waals surface area contributed by atoms with E-state index in [0.29, 0.717) is 29.3 Å². The summed E-state index contributed by atoms with van der Waals surface area (Å²) in [6.45, 7) is 10.1. The number of ketones is 2. The number of thiophene rings is 1. The monoisotopic (exact) mass is 377 g/mol. The van der Waals surface area contributed by atoms with Gasteiger partial charge in [-0.2, -0.15) is 0 Å². The molecule has 0 spiro atoms. The zero-order chi connectivity index (χ0) is 19.5. The molecule has 1 aliphatic rings. The smallest absolute Gasteiger partial charge is 0.341 e. The Morgan fingerprint density at radius 2 is 1.96 bits per heavy atom. The number of Topliss-reactive ketones (excluding diaryl/α,β-unsaturated/α-hetero) is 2. The molecule has 0 amide bonds. The second-order valence-electron chi connectivity index (χ2n) is 7.97. The van der Waals surface area contributed by atoms with Gasteiger partial charge in [0.05, 0.1) is 12.2 Å². The number of aliphatic imine (C=N–C) groups is 1. The van der Waals surface area contributed by atoms with Crippen molar-refractivity contribution >= 4 is 40.1 Å². The Hall–Kier alpha value is -1.82. The molecule has 1 heterocycles. The van der Waals surface area contributed by atoms with E-state index >= 15 is 0 Å². The highest BCUT2D eigenvalue weighted by Gasteiger charge is 2.38. The van der Waals surface area contributed by atoms with E-state index in [0.717, 1.165) is 12.0 Å². The first-order valence-corrected chi connectivity index (χ1v) is 9.89. The van der Waals surface area contributed by atoms with Crippen molar-refractivity contribution in [1.82, 2.24) is 0 Å². The lowest BCUT2D eigenvalue weighted by molar-refractivity contribution is -0.136. The molecule has 1 fully saturated rings. The van der Waals surface area contributed by atoms with Gasteiger partial charge in [-0.3, -0.25) is 9.59 Å². The van der Waals surface area contributed by atoms with Crippen LogP contribution in [0.1, 0.15) is 63.4 Å². The van der Waals surface area contributed by atoms with E-state index < -0.39 is 11.9 Å². The van der Waals surface area contributed by atoms with Crippen molar-refractivity contribution in [2.24, 2.45) is 22.2 Å². The highest BCUT2D eigenvalue weighted by molar-refractivity contribution is 7.14. The first-order chi connectivity index (χ1) is 12.1. The Labute approximate surface area is 158 Å². The molecule has 1 saturated carbocycles. The number of nitrogens with zero attached hydrogens (tertiary/aromatic N) is 1. The average Bonchev–Trinajstić information content (AvgIpc) is 2.87. The zero-order valence-corrected chi connectivity index (χ0v) is 16.9. The normalized spacial score (nSPS) is 18.1. The number of esters is 1. The molecule has 0 aliphatic heterocycles. The molecule has 0 N–H and O–H groups in total. The predicted molar refractivity (Wildman–Crippen MR) is 103 cm³/mol. The van der Waals surface area contributed by atoms with Crippen molar-refractivity contribution in [3.05, 3.63) is 16.5 Å². The molecular formula is C20H27NO4S. The summed E-state index contributed by atoms with van der Waals surface area (Å²) in [7, 11) is 0. The van der Waals surface area contributed by atoms with E-state index in [1.165, 1.54) is 17.6 Å². The van der Waals surface area contributed by atoms with Crippen molar-refractivity contribution in [2.75, 3.05) is 6.61 Å². The van der Waals surface area contributed by atoms with Crippen LogP contribution in [0.15, 0.2) is 10.4 Å². The molecule has 1 aliphatic carbocycles. The minimum atomic E-state index is -0.811. The molecule has 0 saturated heterocycles. The molecule has 6 heteroatoms. The van der Waals surface area contributed by atoms with Gasteiger partial charge >= 0.3 is 5.97 Å². The van der Waals surface area contributed by atoms with Crippen molar-refractivity contribution in [3.63, 3.8) is 0 Å². The van der Waals surface area contributed by atoms with E-state index in [1.54, 1.807) is 6.92 Å². The molecule has 5 nitrogen and oxygen atoms in total. The highest BCUT2D eigenvalue weighted by atomic mass is 32.1. The number of ether oxygens (including phenoxy) is 1. The Kier molecular flexibility index (Phi) is 6.50. The summed E-state index contributed by atoms with van der Waals surface area (Å²) in [6.07, 6.45) is 2.88. The fourth-order valence-electron chi connectivity index (χ4n) is 3.20. The van der Waals surface area contributed by atoms with Gasteiger partial charge < -0.3 is 4.74 Å². The summed E-state index contributed by atoms with van der Waals surface area (Å²) in [5.74, 6) is -1.04. The largest absolute Gasteiger partial charge is 0.462 e. The number of rotatable bonds is 6. The molecule has 1 aromatic heterocycles. The second kappa shape index (κ2) is 8.25. The molecule has 0 bridgehead atoms. The summed E-state index contributed by atoms with van der Waals surface area (Å²) in [5.41, 5.74) is 1.07. The quantitative estimate of drug-likeness (QED) is 0.418.